The molecule has 2 N–H and O–H groups in total. The highest BCUT2D eigenvalue weighted by Gasteiger charge is 2.07. The minimum Gasteiger partial charge on any atom is -0.391 e. The summed E-state index contributed by atoms with van der Waals surface area (Å²) in [6, 6.07) is 0. The van der Waals surface area contributed by atoms with Crippen LogP contribution >= 0.6 is 0 Å². The Morgan fingerprint density at radius 3 is 2.00 bits per heavy atom. The average Bonchev–Trinajstić information content (AvgIpc) is 1.67. The van der Waals surface area contributed by atoms with E-state index in [1.54, 1.807) is 6.92 Å². The van der Waals surface area contributed by atoms with Crippen molar-refractivity contribution in [3.05, 3.63) is 0 Å². The van der Waals surface area contributed by atoms with Crippen LogP contribution in [-0.2, 0) is 0 Å². The Bertz CT molecular complexity index is 52.5. The summed E-state index contributed by atoms with van der Waals surface area (Å²) < 4.78 is 0. The van der Waals surface area contributed by atoms with E-state index in [9.17, 15) is 0 Å². The van der Waals surface area contributed by atoms with Crippen LogP contribution in [0.2, 0.25) is 0 Å². The van der Waals surface area contributed by atoms with Gasteiger partial charge in [0.15, 0.2) is 0 Å². The van der Waals surface area contributed by atoms with Gasteiger partial charge in [0.1, 0.15) is 0 Å². The van der Waals surface area contributed by atoms with Crippen molar-refractivity contribution in [3.63, 3.8) is 0 Å². The fourth-order valence-corrected chi connectivity index (χ4v) is 0.537. The van der Waals surface area contributed by atoms with Crippen molar-refractivity contribution in [2.45, 2.75) is 38.9 Å². The summed E-state index contributed by atoms with van der Waals surface area (Å²) in [5.74, 6) is 0. The first-order chi connectivity index (χ1) is 3.68. The van der Waals surface area contributed by atoms with E-state index in [2.05, 4.69) is 0 Å². The van der Waals surface area contributed by atoms with E-state index in [-0.39, 0.29) is 0 Å². The van der Waals surface area contributed by atoms with E-state index in [0.29, 0.717) is 6.42 Å². The number of aliphatic hydroxyl groups excluding tert-OH is 2. The zero-order valence-corrected chi connectivity index (χ0v) is 5.46. The maximum Gasteiger partial charge on any atom is 0.0796 e. The molecule has 0 spiro atoms. The molecule has 0 aromatic carbocycles. The van der Waals surface area contributed by atoms with Crippen LogP contribution in [0.3, 0.4) is 0 Å². The molecule has 0 aliphatic heterocycles. The minimum absolute atomic E-state index is 0.528. The van der Waals surface area contributed by atoms with Crippen LogP contribution in [0, 0.1) is 0 Å². The van der Waals surface area contributed by atoms with Crippen molar-refractivity contribution < 1.29 is 10.2 Å². The van der Waals surface area contributed by atoms with Crippen LogP contribution < -0.4 is 0 Å². The maximum atomic E-state index is 8.88. The summed E-state index contributed by atoms with van der Waals surface area (Å²) in [6.07, 6.45) is 0.513. The molecule has 2 nitrogen and oxygen atoms in total. The first-order valence-corrected chi connectivity index (χ1v) is 3.04. The van der Waals surface area contributed by atoms with Gasteiger partial charge in [-0.05, 0) is 13.3 Å². The van der Waals surface area contributed by atoms with E-state index in [0.717, 1.165) is 6.42 Å². The monoisotopic (exact) mass is 118 g/mol. The third kappa shape index (κ3) is 2.99. The van der Waals surface area contributed by atoms with Gasteiger partial charge in [0.05, 0.1) is 12.2 Å². The minimum atomic E-state index is -0.574. The zero-order chi connectivity index (χ0) is 6.57. The molecule has 0 saturated heterocycles. The molecule has 0 amide bonds. The number of hydrogen-bond donors (Lipinski definition) is 2. The molecular formula is C6H14O2. The SMILES string of the molecule is CCCC(O)C(C)O. The number of aliphatic hydroxyl groups is 2. The van der Waals surface area contributed by atoms with E-state index in [1.807, 2.05) is 6.92 Å². The van der Waals surface area contributed by atoms with Crippen molar-refractivity contribution in [1.29, 1.82) is 0 Å². The third-order valence-electron chi connectivity index (χ3n) is 1.14. The molecule has 0 aromatic heterocycles. The van der Waals surface area contributed by atoms with E-state index < -0.39 is 12.2 Å². The Morgan fingerprint density at radius 1 is 1.38 bits per heavy atom. The molecule has 2 unspecified atom stereocenters. The Morgan fingerprint density at radius 2 is 1.88 bits per heavy atom. The maximum absolute atomic E-state index is 8.88. The van der Waals surface area contributed by atoms with Gasteiger partial charge in [-0.1, -0.05) is 13.3 Å². The van der Waals surface area contributed by atoms with Gasteiger partial charge < -0.3 is 10.2 Å². The summed E-state index contributed by atoms with van der Waals surface area (Å²) >= 11 is 0. The Balaban J connectivity index is 3.17. The second kappa shape index (κ2) is 3.87. The predicted molar refractivity (Wildman–Crippen MR) is 32.6 cm³/mol. The fourth-order valence-electron chi connectivity index (χ4n) is 0.537. The normalized spacial score (nSPS) is 18.0. The second-order valence-electron chi connectivity index (χ2n) is 2.10. The predicted octanol–water partition coefficient (Wildman–Crippen LogP) is 0.528. The Kier molecular flexibility index (Phi) is 3.83. The molecule has 0 rings (SSSR count). The summed E-state index contributed by atoms with van der Waals surface area (Å²) in [6.45, 7) is 3.58. The van der Waals surface area contributed by atoms with Gasteiger partial charge in [-0.2, -0.15) is 0 Å². The lowest BCUT2D eigenvalue weighted by molar-refractivity contribution is 0.0259. The molecule has 0 fully saturated rings. The van der Waals surface area contributed by atoms with Crippen LogP contribution in [0.25, 0.3) is 0 Å². The molecule has 0 aliphatic rings. The quantitative estimate of drug-likeness (QED) is 0.567. The summed E-state index contributed by atoms with van der Waals surface area (Å²) in [5, 5.41) is 17.6. The molecule has 0 radical (unpaired) electrons. The summed E-state index contributed by atoms with van der Waals surface area (Å²) in [7, 11) is 0. The van der Waals surface area contributed by atoms with Crippen molar-refractivity contribution in [1.82, 2.24) is 0 Å². The Hall–Kier alpha value is -0.0800. The van der Waals surface area contributed by atoms with Crippen molar-refractivity contribution >= 4 is 0 Å². The zero-order valence-electron chi connectivity index (χ0n) is 5.46. The molecule has 50 valence electrons. The van der Waals surface area contributed by atoms with Gasteiger partial charge in [-0.15, -0.1) is 0 Å². The lowest BCUT2D eigenvalue weighted by atomic mass is 10.1. The summed E-state index contributed by atoms with van der Waals surface area (Å²) in [4.78, 5) is 0. The fraction of sp³-hybridized carbons (Fsp3) is 1.00. The highest BCUT2D eigenvalue weighted by Crippen LogP contribution is 1.99. The lowest BCUT2D eigenvalue weighted by Gasteiger charge is -2.10. The molecule has 0 aliphatic carbocycles. The molecule has 8 heavy (non-hydrogen) atoms. The third-order valence-corrected chi connectivity index (χ3v) is 1.14. The van der Waals surface area contributed by atoms with Gasteiger partial charge in [-0.3, -0.25) is 0 Å². The molecule has 2 atom stereocenters. The molecule has 0 bridgehead atoms. The topological polar surface area (TPSA) is 40.5 Å². The van der Waals surface area contributed by atoms with Crippen LogP contribution in [0.15, 0.2) is 0 Å². The first kappa shape index (κ1) is 7.92. The highest BCUT2D eigenvalue weighted by atomic mass is 16.3. The molecular weight excluding hydrogens is 104 g/mol. The van der Waals surface area contributed by atoms with Crippen molar-refractivity contribution in [2.24, 2.45) is 0 Å². The summed E-state index contributed by atoms with van der Waals surface area (Å²) in [5.41, 5.74) is 0. The van der Waals surface area contributed by atoms with Gasteiger partial charge in [0.2, 0.25) is 0 Å². The van der Waals surface area contributed by atoms with Gasteiger partial charge in [0.25, 0.3) is 0 Å². The van der Waals surface area contributed by atoms with Gasteiger partial charge in [0, 0.05) is 0 Å². The first-order valence-electron chi connectivity index (χ1n) is 3.04. The molecule has 0 heterocycles. The van der Waals surface area contributed by atoms with Gasteiger partial charge in [-0.25, -0.2) is 0 Å². The molecule has 0 aromatic rings. The van der Waals surface area contributed by atoms with Crippen LogP contribution in [0.5, 0.6) is 0 Å². The molecule has 2 heteroatoms. The van der Waals surface area contributed by atoms with Crippen LogP contribution in [0.1, 0.15) is 26.7 Å². The highest BCUT2D eigenvalue weighted by molar-refractivity contribution is 4.59. The average molecular weight is 118 g/mol. The largest absolute Gasteiger partial charge is 0.391 e. The van der Waals surface area contributed by atoms with Crippen molar-refractivity contribution in [2.75, 3.05) is 0 Å². The number of rotatable bonds is 3. The van der Waals surface area contributed by atoms with E-state index in [4.69, 9.17) is 10.2 Å². The standard InChI is InChI=1S/C6H14O2/c1-3-4-6(8)5(2)7/h5-8H,3-4H2,1-2H3. The van der Waals surface area contributed by atoms with Crippen LogP contribution in [0.4, 0.5) is 0 Å². The molecule has 0 saturated carbocycles. The lowest BCUT2D eigenvalue weighted by Crippen LogP contribution is -2.21. The Labute approximate surface area is 50.2 Å². The number of hydrogen-bond acceptors (Lipinski definition) is 2. The van der Waals surface area contributed by atoms with Crippen LogP contribution in [-0.4, -0.2) is 22.4 Å². The van der Waals surface area contributed by atoms with Gasteiger partial charge >= 0.3 is 0 Å². The second-order valence-corrected chi connectivity index (χ2v) is 2.10. The van der Waals surface area contributed by atoms with E-state index >= 15 is 0 Å². The van der Waals surface area contributed by atoms with E-state index in [1.165, 1.54) is 0 Å². The smallest absolute Gasteiger partial charge is 0.0796 e. The van der Waals surface area contributed by atoms with Crippen molar-refractivity contribution in [3.8, 4) is 0 Å².